The number of hydrogen-bond donors (Lipinski definition) is 2. The number of carboxylic acids is 1. The Labute approximate surface area is 78.2 Å². The highest BCUT2D eigenvalue weighted by Gasteiger charge is 2.37. The van der Waals surface area contributed by atoms with Crippen molar-refractivity contribution in [1.29, 1.82) is 0 Å². The minimum Gasteiger partial charge on any atom is -0.481 e. The molecule has 1 unspecified atom stereocenters. The fourth-order valence-electron chi connectivity index (χ4n) is 1.17. The third kappa shape index (κ3) is 1.83. The molecule has 0 aromatic carbocycles. The summed E-state index contributed by atoms with van der Waals surface area (Å²) >= 11 is 0. The molecule has 0 radical (unpaired) electrons. The summed E-state index contributed by atoms with van der Waals surface area (Å²) in [4.78, 5) is 10.9. The summed E-state index contributed by atoms with van der Waals surface area (Å²) in [6.07, 6.45) is 3.85. The van der Waals surface area contributed by atoms with Crippen LogP contribution in [0.1, 0.15) is 20.8 Å². The Morgan fingerprint density at radius 2 is 2.31 bits per heavy atom. The summed E-state index contributed by atoms with van der Waals surface area (Å²) in [5.41, 5.74) is 2.33. The first-order chi connectivity index (χ1) is 5.96. The summed E-state index contributed by atoms with van der Waals surface area (Å²) in [6.45, 7) is 6.14. The first kappa shape index (κ1) is 10.1. The van der Waals surface area contributed by atoms with E-state index < -0.39 is 11.4 Å². The lowest BCUT2D eigenvalue weighted by atomic mass is 9.85. The number of rotatable bonds is 3. The van der Waals surface area contributed by atoms with Crippen LogP contribution in [0.25, 0.3) is 0 Å². The van der Waals surface area contributed by atoms with Crippen molar-refractivity contribution in [2.75, 3.05) is 6.54 Å². The van der Waals surface area contributed by atoms with E-state index in [2.05, 4.69) is 5.43 Å². The monoisotopic (exact) mass is 184 g/mol. The molecule has 0 aromatic heterocycles. The lowest BCUT2D eigenvalue weighted by Crippen LogP contribution is -2.48. The number of aliphatic carboxylic acids is 1. The fourth-order valence-corrected chi connectivity index (χ4v) is 1.17. The van der Waals surface area contributed by atoms with E-state index in [1.807, 2.05) is 24.2 Å². The van der Waals surface area contributed by atoms with Crippen LogP contribution in [0.3, 0.4) is 0 Å². The van der Waals surface area contributed by atoms with Crippen molar-refractivity contribution in [1.82, 2.24) is 10.4 Å². The lowest BCUT2D eigenvalue weighted by Gasteiger charge is -2.34. The maximum absolute atomic E-state index is 10.9. The molecule has 4 nitrogen and oxygen atoms in total. The van der Waals surface area contributed by atoms with Gasteiger partial charge in [0, 0.05) is 12.7 Å². The van der Waals surface area contributed by atoms with Gasteiger partial charge in [-0.25, -0.2) is 5.43 Å². The molecule has 1 aliphatic rings. The minimum absolute atomic E-state index is 0.0660. The van der Waals surface area contributed by atoms with E-state index in [9.17, 15) is 4.79 Å². The van der Waals surface area contributed by atoms with E-state index in [-0.39, 0.29) is 6.04 Å². The van der Waals surface area contributed by atoms with Crippen LogP contribution >= 0.6 is 0 Å². The van der Waals surface area contributed by atoms with Gasteiger partial charge in [0.05, 0.1) is 11.5 Å². The van der Waals surface area contributed by atoms with Gasteiger partial charge in [0.25, 0.3) is 0 Å². The summed E-state index contributed by atoms with van der Waals surface area (Å²) in [7, 11) is 0. The van der Waals surface area contributed by atoms with E-state index in [1.165, 1.54) is 0 Å². The number of nitrogens with one attached hydrogen (secondary N) is 1. The molecular formula is C9H16N2O2. The van der Waals surface area contributed by atoms with Crippen LogP contribution in [0.5, 0.6) is 0 Å². The van der Waals surface area contributed by atoms with E-state index in [4.69, 9.17) is 5.11 Å². The number of hydrazine groups is 1. The molecule has 0 bridgehead atoms. The fraction of sp³-hybridized carbons (Fsp3) is 0.667. The molecule has 13 heavy (non-hydrogen) atoms. The number of carboxylic acid groups (broad SMARTS) is 1. The maximum Gasteiger partial charge on any atom is 0.311 e. The topological polar surface area (TPSA) is 52.6 Å². The van der Waals surface area contributed by atoms with Gasteiger partial charge >= 0.3 is 5.97 Å². The predicted octanol–water partition coefficient (Wildman–Crippen LogP) is 0.820. The normalized spacial score (nSPS) is 19.2. The van der Waals surface area contributed by atoms with Gasteiger partial charge in [-0.2, -0.15) is 0 Å². The SMILES string of the molecule is CC(N1C=CCN1)C(C)(C)C(=O)O. The van der Waals surface area contributed by atoms with E-state index in [1.54, 1.807) is 13.8 Å². The Balaban J connectivity index is 2.70. The van der Waals surface area contributed by atoms with Crippen LogP contribution in [0.4, 0.5) is 0 Å². The van der Waals surface area contributed by atoms with Gasteiger partial charge in [0.1, 0.15) is 0 Å². The van der Waals surface area contributed by atoms with Gasteiger partial charge in [0.15, 0.2) is 0 Å². The van der Waals surface area contributed by atoms with Crippen LogP contribution in [-0.4, -0.2) is 28.7 Å². The molecule has 0 spiro atoms. The van der Waals surface area contributed by atoms with Gasteiger partial charge in [-0.1, -0.05) is 6.08 Å². The van der Waals surface area contributed by atoms with Crippen LogP contribution < -0.4 is 5.43 Å². The molecule has 0 aromatic rings. The van der Waals surface area contributed by atoms with Crippen LogP contribution in [0.15, 0.2) is 12.3 Å². The summed E-state index contributed by atoms with van der Waals surface area (Å²) < 4.78 is 0. The smallest absolute Gasteiger partial charge is 0.311 e. The molecule has 74 valence electrons. The van der Waals surface area contributed by atoms with Crippen LogP contribution in [0.2, 0.25) is 0 Å². The first-order valence-corrected chi connectivity index (χ1v) is 4.38. The van der Waals surface area contributed by atoms with Gasteiger partial charge in [-0.15, -0.1) is 0 Å². The molecule has 0 fully saturated rings. The highest BCUT2D eigenvalue weighted by molar-refractivity contribution is 5.74. The molecule has 1 rings (SSSR count). The molecule has 1 heterocycles. The molecule has 2 N–H and O–H groups in total. The van der Waals surface area contributed by atoms with Gasteiger partial charge in [-0.05, 0) is 20.8 Å². The first-order valence-electron chi connectivity index (χ1n) is 4.38. The van der Waals surface area contributed by atoms with Crippen LogP contribution in [-0.2, 0) is 4.79 Å². The van der Waals surface area contributed by atoms with E-state index >= 15 is 0 Å². The van der Waals surface area contributed by atoms with Gasteiger partial charge in [0.2, 0.25) is 0 Å². The lowest BCUT2D eigenvalue weighted by molar-refractivity contribution is -0.150. The zero-order valence-electron chi connectivity index (χ0n) is 8.24. The van der Waals surface area contributed by atoms with Crippen molar-refractivity contribution in [3.63, 3.8) is 0 Å². The molecule has 4 heteroatoms. The second-order valence-electron chi connectivity index (χ2n) is 3.86. The number of carbonyl (C=O) groups is 1. The molecular weight excluding hydrogens is 168 g/mol. The summed E-state index contributed by atoms with van der Waals surface area (Å²) in [5, 5.41) is 10.8. The van der Waals surface area contributed by atoms with Crippen molar-refractivity contribution in [3.05, 3.63) is 12.3 Å². The Hall–Kier alpha value is -1.03. The van der Waals surface area contributed by atoms with Crippen LogP contribution in [0, 0.1) is 5.41 Å². The second kappa shape index (κ2) is 3.38. The van der Waals surface area contributed by atoms with Crippen molar-refractivity contribution in [2.24, 2.45) is 5.41 Å². The number of nitrogens with zero attached hydrogens (tertiary/aromatic N) is 1. The minimum atomic E-state index is -0.776. The Morgan fingerprint density at radius 3 is 2.69 bits per heavy atom. The van der Waals surface area contributed by atoms with Crippen molar-refractivity contribution in [3.8, 4) is 0 Å². The zero-order chi connectivity index (χ0) is 10.1. The molecule has 1 aliphatic heterocycles. The Morgan fingerprint density at radius 1 is 1.69 bits per heavy atom. The van der Waals surface area contributed by atoms with Gasteiger partial charge in [-0.3, -0.25) is 4.79 Å². The Bertz CT molecular complexity index is 236. The highest BCUT2D eigenvalue weighted by atomic mass is 16.4. The molecule has 1 atom stereocenters. The van der Waals surface area contributed by atoms with E-state index in [0.29, 0.717) is 0 Å². The second-order valence-corrected chi connectivity index (χ2v) is 3.86. The third-order valence-corrected chi connectivity index (χ3v) is 2.67. The molecule has 0 aliphatic carbocycles. The van der Waals surface area contributed by atoms with E-state index in [0.717, 1.165) is 6.54 Å². The highest BCUT2D eigenvalue weighted by Crippen LogP contribution is 2.25. The molecule has 0 saturated heterocycles. The van der Waals surface area contributed by atoms with Crippen molar-refractivity contribution >= 4 is 5.97 Å². The molecule has 0 saturated carbocycles. The largest absolute Gasteiger partial charge is 0.481 e. The quantitative estimate of drug-likeness (QED) is 0.682. The standard InChI is InChI=1S/C9H16N2O2/c1-7(9(2,3)8(12)13)11-6-4-5-10-11/h4,6-7,10H,5H2,1-3H3,(H,12,13). The third-order valence-electron chi connectivity index (χ3n) is 2.67. The summed E-state index contributed by atoms with van der Waals surface area (Å²) in [6, 6.07) is -0.0660. The average molecular weight is 184 g/mol. The van der Waals surface area contributed by atoms with Gasteiger partial charge < -0.3 is 10.1 Å². The maximum atomic E-state index is 10.9. The average Bonchev–Trinajstić information content (AvgIpc) is 2.54. The zero-order valence-corrected chi connectivity index (χ0v) is 8.24. The summed E-state index contributed by atoms with van der Waals surface area (Å²) in [5.74, 6) is -0.776. The number of hydrogen-bond acceptors (Lipinski definition) is 3. The van der Waals surface area contributed by atoms with Crippen molar-refractivity contribution in [2.45, 2.75) is 26.8 Å². The molecule has 0 amide bonds. The Kier molecular flexibility index (Phi) is 2.61. The predicted molar refractivity (Wildman–Crippen MR) is 49.9 cm³/mol. The van der Waals surface area contributed by atoms with Crippen molar-refractivity contribution < 1.29 is 9.90 Å².